The molecule has 0 saturated heterocycles. The predicted octanol–water partition coefficient (Wildman–Crippen LogP) is 22.2. The minimum Gasteiger partial charge on any atom is -0.340 e. The van der Waals surface area contributed by atoms with E-state index in [1.54, 1.807) is 24.3 Å². The minimum atomic E-state index is -0.161. The van der Waals surface area contributed by atoms with Gasteiger partial charge in [0.1, 0.15) is 11.6 Å². The topological polar surface area (TPSA) is 58.5 Å². The van der Waals surface area contributed by atoms with Crippen LogP contribution >= 0.6 is 0 Å². The molecule has 10 heterocycles. The van der Waals surface area contributed by atoms with E-state index in [2.05, 4.69) is 286 Å². The number of aromatic nitrogens is 6. The number of nitrogens with zero attached hydrogens (tertiary/aromatic N) is 10. The molecule has 0 N–H and O–H groups in total. The van der Waals surface area contributed by atoms with E-state index >= 15 is 0 Å². The molecule has 0 fully saturated rings. The zero-order chi connectivity index (χ0) is 78.5. The third-order valence-electron chi connectivity index (χ3n) is 23.9. The average molecular weight is 1530 g/mol. The van der Waals surface area contributed by atoms with Crippen molar-refractivity contribution in [2.75, 3.05) is 26.2 Å². The Morgan fingerprint density at radius 2 is 0.560 bits per heavy atom. The molecular formula is C104H104F2N10. The Morgan fingerprint density at radius 1 is 0.259 bits per heavy atom. The minimum absolute atomic E-state index is 0.156. The first-order chi connectivity index (χ1) is 57.1. The fourth-order valence-electron chi connectivity index (χ4n) is 18.6. The number of benzene rings is 10. The van der Waals surface area contributed by atoms with Gasteiger partial charge in [-0.15, -0.1) is 0 Å². The second kappa shape index (κ2) is 36.5. The lowest BCUT2D eigenvalue weighted by molar-refractivity contribution is 0.261. The Morgan fingerprint density at radius 3 is 0.957 bits per heavy atom. The molecule has 4 aliphatic heterocycles. The van der Waals surface area contributed by atoms with E-state index in [1.807, 2.05) is 49.1 Å². The van der Waals surface area contributed by atoms with Crippen molar-refractivity contribution in [3.8, 4) is 0 Å². The van der Waals surface area contributed by atoms with Gasteiger partial charge < -0.3 is 18.3 Å². The maximum Gasteiger partial charge on any atom is 0.123 e. The number of pyridine rings is 2. The van der Waals surface area contributed by atoms with Gasteiger partial charge >= 0.3 is 0 Å². The highest BCUT2D eigenvalue weighted by molar-refractivity contribution is 5.89. The van der Waals surface area contributed by atoms with Crippen LogP contribution in [0.1, 0.15) is 126 Å². The van der Waals surface area contributed by atoms with Crippen molar-refractivity contribution in [3.05, 3.63) is 416 Å². The smallest absolute Gasteiger partial charge is 0.123 e. The predicted molar refractivity (Wildman–Crippen MR) is 470 cm³/mol. The molecule has 10 aromatic carbocycles. The van der Waals surface area contributed by atoms with Crippen molar-refractivity contribution < 1.29 is 8.78 Å². The molecule has 16 aromatic rings. The van der Waals surface area contributed by atoms with Crippen molar-refractivity contribution >= 4 is 43.6 Å². The summed E-state index contributed by atoms with van der Waals surface area (Å²) < 4.78 is 37.8. The maximum atomic E-state index is 14.2. The molecule has 0 amide bonds. The lowest BCUT2D eigenvalue weighted by Gasteiger charge is -2.20. The van der Waals surface area contributed by atoms with Crippen LogP contribution < -0.4 is 0 Å². The summed E-state index contributed by atoms with van der Waals surface area (Å²) in [4.78, 5) is 18.7. The van der Waals surface area contributed by atoms with Crippen LogP contribution in [-0.4, -0.2) is 74.0 Å². The van der Waals surface area contributed by atoms with Gasteiger partial charge in [-0.1, -0.05) is 217 Å². The summed E-state index contributed by atoms with van der Waals surface area (Å²) in [5.74, 6) is -0.317. The van der Waals surface area contributed by atoms with Gasteiger partial charge in [0.25, 0.3) is 0 Å². The van der Waals surface area contributed by atoms with E-state index in [0.29, 0.717) is 0 Å². The first kappa shape index (κ1) is 77.0. The lowest BCUT2D eigenvalue weighted by atomic mass is 10.1. The normalized spacial score (nSPS) is 14.7. The lowest BCUT2D eigenvalue weighted by Crippen LogP contribution is -2.22. The quantitative estimate of drug-likeness (QED) is 0.0961. The fourth-order valence-corrected chi connectivity index (χ4v) is 18.6. The summed E-state index contributed by atoms with van der Waals surface area (Å²) in [5.41, 5.74) is 29.8. The van der Waals surface area contributed by atoms with Gasteiger partial charge in [-0.05, 0) is 231 Å². The summed E-state index contributed by atoms with van der Waals surface area (Å²) in [6.07, 6.45) is 16.6. The van der Waals surface area contributed by atoms with E-state index in [0.717, 1.165) is 160 Å². The highest BCUT2D eigenvalue weighted by Gasteiger charge is 2.28. The highest BCUT2D eigenvalue weighted by Crippen LogP contribution is 2.38. The Bertz CT molecular complexity index is 5500. The maximum absolute atomic E-state index is 14.2. The van der Waals surface area contributed by atoms with Gasteiger partial charge in [-0.2, -0.15) is 0 Å². The molecule has 0 saturated carbocycles. The molecule has 6 aromatic heterocycles. The molecule has 20 rings (SSSR count). The van der Waals surface area contributed by atoms with Crippen molar-refractivity contribution in [2.24, 2.45) is 0 Å². The number of hydrogen-bond acceptors (Lipinski definition) is 6. The number of para-hydroxylation sites is 1. The monoisotopic (exact) mass is 1530 g/mol. The van der Waals surface area contributed by atoms with Crippen LogP contribution in [0.25, 0.3) is 43.6 Å². The summed E-state index contributed by atoms with van der Waals surface area (Å²) in [6, 6.07) is 97.0. The number of hydrogen-bond donors (Lipinski definition) is 0. The zero-order valence-electron chi connectivity index (χ0n) is 67.1. The van der Waals surface area contributed by atoms with Crippen LogP contribution in [0.5, 0.6) is 0 Å². The summed E-state index contributed by atoms with van der Waals surface area (Å²) >= 11 is 0. The van der Waals surface area contributed by atoms with Crippen molar-refractivity contribution in [1.29, 1.82) is 0 Å². The summed E-state index contributed by atoms with van der Waals surface area (Å²) in [7, 11) is 0. The largest absolute Gasteiger partial charge is 0.340 e. The van der Waals surface area contributed by atoms with Crippen LogP contribution in [0.2, 0.25) is 0 Å². The molecule has 0 spiro atoms. The Kier molecular flexibility index (Phi) is 24.2. The molecule has 0 bridgehead atoms. The van der Waals surface area contributed by atoms with E-state index in [9.17, 15) is 8.78 Å². The van der Waals surface area contributed by atoms with Crippen LogP contribution in [0.15, 0.2) is 304 Å². The van der Waals surface area contributed by atoms with Crippen LogP contribution in [0, 0.1) is 25.5 Å². The molecule has 12 heteroatoms. The SMILES string of the molecule is Cc1ccc2c(c1)c1c(n2Cc2ccccc2)CCCN(Cc2ccccc2)C1.Cc1ccc2c(c1)c1c(n2Cc2ccccc2)CCCN(Cc2cccnc2)C1.Fc1ccc2c(c1)c1c(n2Cc2ccccc2)CCCN(Cc2ccccc2)C1.Fc1cccc(CN2CCCc3c(c4ccccc4n3Cc3cccnc3)C2)c1. The van der Waals surface area contributed by atoms with Gasteiger partial charge in [0, 0.05) is 170 Å². The zero-order valence-corrected chi connectivity index (χ0v) is 67.1. The van der Waals surface area contributed by atoms with Gasteiger partial charge in [-0.25, -0.2) is 8.78 Å². The van der Waals surface area contributed by atoms with E-state index in [1.165, 1.54) is 147 Å². The molecule has 0 radical (unpaired) electrons. The van der Waals surface area contributed by atoms with Crippen molar-refractivity contribution in [1.82, 2.24) is 47.8 Å². The molecule has 584 valence electrons. The van der Waals surface area contributed by atoms with E-state index in [4.69, 9.17) is 0 Å². The molecule has 4 aliphatic rings. The third kappa shape index (κ3) is 18.2. The first-order valence-corrected chi connectivity index (χ1v) is 41.8. The molecule has 0 unspecified atom stereocenters. The second-order valence-electron chi connectivity index (χ2n) is 32.3. The summed E-state index contributed by atoms with van der Waals surface area (Å²) in [5, 5.41) is 5.26. The molecule has 0 atom stereocenters. The number of rotatable bonds is 16. The number of halogens is 2. The van der Waals surface area contributed by atoms with Gasteiger partial charge in [-0.3, -0.25) is 29.6 Å². The third-order valence-corrected chi connectivity index (χ3v) is 23.9. The second-order valence-corrected chi connectivity index (χ2v) is 32.3. The number of aryl methyl sites for hydroxylation is 2. The van der Waals surface area contributed by atoms with Crippen molar-refractivity contribution in [2.45, 2.75) is 144 Å². The van der Waals surface area contributed by atoms with Gasteiger partial charge in [0.15, 0.2) is 0 Å². The van der Waals surface area contributed by atoms with Crippen LogP contribution in [0.3, 0.4) is 0 Å². The highest BCUT2D eigenvalue weighted by atomic mass is 19.1. The number of fused-ring (bicyclic) bond motifs is 12. The van der Waals surface area contributed by atoms with Gasteiger partial charge in [0.2, 0.25) is 0 Å². The molecular weight excluding hydrogens is 1430 g/mol. The van der Waals surface area contributed by atoms with E-state index < -0.39 is 0 Å². The standard InChI is InChI=1S/C27H28N2.C26H25FN2.C26H27N3.C25H24FN3/c1-21-14-15-27-24(17-21)25-20-28(18-22-9-4-2-5-10-22)16-8-13-26(25)29(27)19-23-11-6-3-7-12-23;27-22-13-14-26-23(16-22)24-19-28(17-20-8-3-1-4-9-20)15-7-12-25(24)29(26)18-21-10-5-2-6-11-21;1-20-11-12-26-23(15-20)24-19-28(17-22-9-5-13-27-16-22)14-6-10-25(24)29(26)18-21-7-3-2-4-8-21;26-21-8-3-6-19(14-21)16-28-13-5-11-25-23(18-28)22-9-1-2-10-24(22)29(25)17-20-7-4-12-27-15-20/h2-7,9-12,14-15,17H,8,13,16,18-20H2,1H3;1-6,8-11,13-14,16H,7,12,15,17-19H2;2-5,7-9,11-13,15-16H,6,10,14,17-19H2,1H3;1-4,6-10,12,14-15H,5,11,13,16-18H2. The van der Waals surface area contributed by atoms with Gasteiger partial charge in [0.05, 0.1) is 0 Å². The molecule has 0 aliphatic carbocycles. The Hall–Kier alpha value is -11.6. The first-order valence-electron chi connectivity index (χ1n) is 41.8. The van der Waals surface area contributed by atoms with Crippen LogP contribution in [0.4, 0.5) is 8.78 Å². The van der Waals surface area contributed by atoms with Crippen molar-refractivity contribution in [3.63, 3.8) is 0 Å². The average Bonchev–Trinajstić information content (AvgIpc) is 1.65. The van der Waals surface area contributed by atoms with E-state index in [-0.39, 0.29) is 11.6 Å². The Balaban J connectivity index is 0.000000111. The summed E-state index contributed by atoms with van der Waals surface area (Å²) in [6.45, 7) is 19.8. The van der Waals surface area contributed by atoms with Crippen LogP contribution in [-0.2, 0) is 104 Å². The fraction of sp³-hybridized carbons (Fsp3) is 0.250. The molecule has 116 heavy (non-hydrogen) atoms. The molecule has 10 nitrogen and oxygen atoms in total. The Labute approximate surface area is 682 Å².